The summed E-state index contributed by atoms with van der Waals surface area (Å²) < 4.78 is 5.37. The van der Waals surface area contributed by atoms with Gasteiger partial charge >= 0.3 is 0 Å². The van der Waals surface area contributed by atoms with E-state index >= 15 is 0 Å². The van der Waals surface area contributed by atoms with E-state index in [1.54, 1.807) is 24.3 Å². The fourth-order valence-electron chi connectivity index (χ4n) is 3.29. The van der Waals surface area contributed by atoms with Gasteiger partial charge in [0.1, 0.15) is 17.0 Å². The molecule has 1 aliphatic heterocycles. The first-order valence-electron chi connectivity index (χ1n) is 8.80. The van der Waals surface area contributed by atoms with Crippen molar-refractivity contribution in [2.24, 2.45) is 0 Å². The van der Waals surface area contributed by atoms with E-state index in [1.165, 1.54) is 4.88 Å². The first-order chi connectivity index (χ1) is 13.1. The molecule has 0 spiro atoms. The van der Waals surface area contributed by atoms with E-state index in [1.807, 2.05) is 34.9 Å². The highest BCUT2D eigenvalue weighted by Crippen LogP contribution is 2.38. The van der Waals surface area contributed by atoms with Crippen LogP contribution in [0.1, 0.15) is 32.7 Å². The van der Waals surface area contributed by atoms with Gasteiger partial charge in [-0.1, -0.05) is 41.0 Å². The maximum absolute atomic E-state index is 13.3. The molecule has 1 atom stereocenters. The summed E-state index contributed by atoms with van der Waals surface area (Å²) in [6, 6.07) is 11.7. The average molecular weight is 419 g/mol. The average Bonchev–Trinajstić information content (AvgIpc) is 3.26. The number of amides is 1. The van der Waals surface area contributed by atoms with Gasteiger partial charge in [-0.3, -0.25) is 4.79 Å². The van der Waals surface area contributed by atoms with E-state index in [0.717, 1.165) is 30.8 Å². The van der Waals surface area contributed by atoms with Crippen LogP contribution in [0.4, 0.5) is 0 Å². The van der Waals surface area contributed by atoms with E-state index in [9.17, 15) is 4.79 Å². The fraction of sp³-hybridized carbons (Fsp3) is 0.300. The third-order valence-electron chi connectivity index (χ3n) is 4.69. The lowest BCUT2D eigenvalue weighted by atomic mass is 10.0. The predicted octanol–water partition coefficient (Wildman–Crippen LogP) is 5.69. The third-order valence-corrected chi connectivity index (χ3v) is 7.47. The monoisotopic (exact) mass is 418 g/mol. The molecule has 27 heavy (non-hydrogen) atoms. The first-order valence-corrected chi connectivity index (χ1v) is 11.1. The number of rotatable bonds is 3. The predicted molar refractivity (Wildman–Crippen MR) is 112 cm³/mol. The molecule has 7 heteroatoms. The van der Waals surface area contributed by atoms with Gasteiger partial charge in [-0.2, -0.15) is 11.8 Å². The number of thioether (sulfide) groups is 1. The zero-order valence-electron chi connectivity index (χ0n) is 14.9. The van der Waals surface area contributed by atoms with Crippen LogP contribution in [0.2, 0.25) is 5.02 Å². The minimum absolute atomic E-state index is 0.0314. The summed E-state index contributed by atoms with van der Waals surface area (Å²) in [5.41, 5.74) is 1.76. The molecule has 0 aliphatic carbocycles. The third kappa shape index (κ3) is 3.79. The molecule has 0 bridgehead atoms. The Balaban J connectivity index is 1.58. The maximum atomic E-state index is 13.3. The molecule has 2 aromatic heterocycles. The molecule has 0 saturated carbocycles. The summed E-state index contributed by atoms with van der Waals surface area (Å²) in [6.07, 6.45) is 0.947. The second kappa shape index (κ2) is 8.09. The molecule has 1 unspecified atom stereocenters. The highest BCUT2D eigenvalue weighted by molar-refractivity contribution is 7.99. The molecule has 0 N–H and O–H groups in total. The molecular weight excluding hydrogens is 400 g/mol. The lowest BCUT2D eigenvalue weighted by molar-refractivity contribution is 0.0765. The van der Waals surface area contributed by atoms with Gasteiger partial charge in [0, 0.05) is 34.5 Å². The number of aromatic nitrogens is 1. The molecular formula is C20H19ClN2O2S2. The van der Waals surface area contributed by atoms with Crippen LogP contribution in [0.15, 0.2) is 46.3 Å². The fourth-order valence-corrected chi connectivity index (χ4v) is 5.76. The van der Waals surface area contributed by atoms with Gasteiger partial charge in [0.15, 0.2) is 0 Å². The Kier molecular flexibility index (Phi) is 5.57. The van der Waals surface area contributed by atoms with Crippen LogP contribution in [0.25, 0.3) is 11.3 Å². The van der Waals surface area contributed by atoms with E-state index in [4.69, 9.17) is 16.1 Å². The molecule has 1 aliphatic rings. The van der Waals surface area contributed by atoms with Crippen LogP contribution in [0, 0.1) is 6.92 Å². The van der Waals surface area contributed by atoms with Crippen LogP contribution in [0.5, 0.6) is 0 Å². The summed E-state index contributed by atoms with van der Waals surface area (Å²) >= 11 is 10.0. The quantitative estimate of drug-likeness (QED) is 0.548. The Bertz CT molecular complexity index is 939. The maximum Gasteiger partial charge on any atom is 0.259 e. The number of hydrogen-bond acceptors (Lipinski definition) is 5. The smallest absolute Gasteiger partial charge is 0.259 e. The summed E-state index contributed by atoms with van der Waals surface area (Å²) in [5, 5.41) is 7.25. The second-order valence-corrected chi connectivity index (χ2v) is 9.10. The minimum atomic E-state index is -0.0314. The number of hydrogen-bond donors (Lipinski definition) is 0. The number of aryl methyl sites for hydroxylation is 1. The molecule has 3 heterocycles. The number of carbonyl (C=O) groups is 1. The van der Waals surface area contributed by atoms with Crippen molar-refractivity contribution in [3.05, 3.63) is 63.0 Å². The highest BCUT2D eigenvalue weighted by Gasteiger charge is 2.29. The number of benzene rings is 1. The van der Waals surface area contributed by atoms with Gasteiger partial charge in [0.25, 0.3) is 5.91 Å². The number of halogens is 1. The number of carbonyl (C=O) groups excluding carboxylic acids is 1. The highest BCUT2D eigenvalue weighted by atomic mass is 35.5. The SMILES string of the molecule is Cc1onc(-c2ccccc2Cl)c1C(=O)N1CCSC(c2cccs2)CC1. The zero-order valence-corrected chi connectivity index (χ0v) is 17.2. The van der Waals surface area contributed by atoms with Crippen molar-refractivity contribution < 1.29 is 9.32 Å². The molecule has 1 amide bonds. The molecule has 4 rings (SSSR count). The van der Waals surface area contributed by atoms with Crippen molar-refractivity contribution in [1.29, 1.82) is 0 Å². The lowest BCUT2D eigenvalue weighted by Gasteiger charge is -2.20. The largest absolute Gasteiger partial charge is 0.360 e. The molecule has 3 aromatic rings. The number of thiophene rings is 1. The molecule has 140 valence electrons. The number of nitrogens with zero attached hydrogens (tertiary/aromatic N) is 2. The Hall–Kier alpha value is -1.76. The van der Waals surface area contributed by atoms with Crippen LogP contribution in [-0.2, 0) is 0 Å². The normalized spacial score (nSPS) is 17.7. The molecule has 0 radical (unpaired) electrons. The van der Waals surface area contributed by atoms with E-state index in [2.05, 4.69) is 22.7 Å². The molecule has 1 saturated heterocycles. The zero-order chi connectivity index (χ0) is 18.8. The van der Waals surface area contributed by atoms with Crippen molar-refractivity contribution in [2.75, 3.05) is 18.8 Å². The summed E-state index contributed by atoms with van der Waals surface area (Å²) in [7, 11) is 0. The first kappa shape index (κ1) is 18.6. The Morgan fingerprint density at radius 3 is 2.89 bits per heavy atom. The van der Waals surface area contributed by atoms with E-state index < -0.39 is 0 Å². The van der Waals surface area contributed by atoms with Gasteiger partial charge in [-0.05, 0) is 30.9 Å². The topological polar surface area (TPSA) is 46.3 Å². The van der Waals surface area contributed by atoms with Crippen molar-refractivity contribution in [1.82, 2.24) is 10.1 Å². The van der Waals surface area contributed by atoms with Gasteiger partial charge in [0.2, 0.25) is 0 Å². The molecule has 1 aromatic carbocycles. The molecule has 1 fully saturated rings. The van der Waals surface area contributed by atoms with Crippen molar-refractivity contribution >= 4 is 40.6 Å². The summed E-state index contributed by atoms with van der Waals surface area (Å²) in [6.45, 7) is 3.22. The van der Waals surface area contributed by atoms with Gasteiger partial charge in [-0.15, -0.1) is 11.3 Å². The standard InChI is InChI=1S/C20H19ClN2O2S2/c1-13-18(19(22-25-13)14-5-2-3-6-15(14)21)20(24)23-9-8-17(27-12-10-23)16-7-4-11-26-16/h2-7,11,17H,8-10,12H2,1H3. The Morgan fingerprint density at radius 2 is 2.11 bits per heavy atom. The Labute approximate surface area is 171 Å². The van der Waals surface area contributed by atoms with Gasteiger partial charge in [-0.25, -0.2) is 0 Å². The van der Waals surface area contributed by atoms with E-state index in [-0.39, 0.29) is 5.91 Å². The van der Waals surface area contributed by atoms with Gasteiger partial charge in [0.05, 0.1) is 5.02 Å². The van der Waals surface area contributed by atoms with E-state index in [0.29, 0.717) is 27.3 Å². The lowest BCUT2D eigenvalue weighted by Crippen LogP contribution is -2.33. The van der Waals surface area contributed by atoms with Crippen LogP contribution >= 0.6 is 34.7 Å². The second-order valence-electron chi connectivity index (χ2n) is 6.40. The van der Waals surface area contributed by atoms with Crippen LogP contribution in [-0.4, -0.2) is 34.8 Å². The van der Waals surface area contributed by atoms with Crippen molar-refractivity contribution in [3.63, 3.8) is 0 Å². The summed E-state index contributed by atoms with van der Waals surface area (Å²) in [4.78, 5) is 16.6. The van der Waals surface area contributed by atoms with Crippen LogP contribution < -0.4 is 0 Å². The molecule has 4 nitrogen and oxygen atoms in total. The van der Waals surface area contributed by atoms with Crippen molar-refractivity contribution in [3.8, 4) is 11.3 Å². The van der Waals surface area contributed by atoms with Crippen molar-refractivity contribution in [2.45, 2.75) is 18.6 Å². The van der Waals surface area contributed by atoms with Crippen LogP contribution in [0.3, 0.4) is 0 Å². The summed E-state index contributed by atoms with van der Waals surface area (Å²) in [5.74, 6) is 1.41. The Morgan fingerprint density at radius 1 is 1.26 bits per heavy atom. The minimum Gasteiger partial charge on any atom is -0.360 e. The van der Waals surface area contributed by atoms with Gasteiger partial charge < -0.3 is 9.42 Å².